The molecular weight excluding hydrogens is 274 g/mol. The summed E-state index contributed by atoms with van der Waals surface area (Å²) < 4.78 is 25.5. The number of nitrogens with zero attached hydrogens (tertiary/aromatic N) is 2. The van der Waals surface area contributed by atoms with Gasteiger partial charge in [0.2, 0.25) is 10.0 Å². The molecule has 1 aliphatic rings. The van der Waals surface area contributed by atoms with Crippen LogP contribution in [0.25, 0.3) is 0 Å². The van der Waals surface area contributed by atoms with Crippen LogP contribution in [0.1, 0.15) is 32.4 Å². The lowest BCUT2D eigenvalue weighted by Crippen LogP contribution is -2.53. The van der Waals surface area contributed by atoms with Gasteiger partial charge in [0.25, 0.3) is 0 Å². The number of hydrogen-bond acceptors (Lipinski definition) is 4. The number of piperidine rings is 1. The second kappa shape index (κ2) is 5.79. The normalized spacial score (nSPS) is 21.6. The Morgan fingerprint density at radius 3 is 2.50 bits per heavy atom. The van der Waals surface area contributed by atoms with Crippen LogP contribution in [0.15, 0.2) is 24.4 Å². The highest BCUT2D eigenvalue weighted by molar-refractivity contribution is 7.89. The molecule has 1 aliphatic heterocycles. The van der Waals surface area contributed by atoms with E-state index in [1.54, 1.807) is 17.4 Å². The van der Waals surface area contributed by atoms with Gasteiger partial charge in [-0.15, -0.1) is 0 Å². The molecule has 2 rings (SSSR count). The third-order valence-corrected chi connectivity index (χ3v) is 6.30. The number of nitrogens with two attached hydrogens (primary N) is 1. The Balaban J connectivity index is 2.24. The topological polar surface area (TPSA) is 76.3 Å². The highest BCUT2D eigenvalue weighted by Crippen LogP contribution is 2.37. The minimum Gasteiger partial charge on any atom is -0.327 e. The van der Waals surface area contributed by atoms with E-state index in [4.69, 9.17) is 5.73 Å². The Kier molecular flexibility index (Phi) is 4.46. The standard InChI is InChI=1S/C14H23N3O2S/c1-3-20(18,19)17-10-7-14(8-11-17,12(2)15)13-6-4-5-9-16-13/h4-6,9,12H,3,7-8,10-11,15H2,1-2H3/t12-/m0/s1. The summed E-state index contributed by atoms with van der Waals surface area (Å²) in [7, 11) is -3.11. The SMILES string of the molecule is CCS(=O)(=O)N1CCC(c2ccccn2)([C@H](C)N)CC1. The minimum atomic E-state index is -3.11. The number of hydrogen-bond donors (Lipinski definition) is 1. The molecule has 5 nitrogen and oxygen atoms in total. The van der Waals surface area contributed by atoms with Crippen LogP contribution in [-0.4, -0.2) is 42.6 Å². The average Bonchev–Trinajstić information content (AvgIpc) is 2.48. The van der Waals surface area contributed by atoms with Crippen LogP contribution in [0.3, 0.4) is 0 Å². The Hall–Kier alpha value is -0.980. The molecule has 1 saturated heterocycles. The molecular formula is C14H23N3O2S. The van der Waals surface area contributed by atoms with Crippen molar-refractivity contribution in [3.05, 3.63) is 30.1 Å². The molecule has 0 unspecified atom stereocenters. The number of pyridine rings is 1. The maximum absolute atomic E-state index is 12.0. The number of sulfonamides is 1. The first-order valence-electron chi connectivity index (χ1n) is 7.07. The van der Waals surface area contributed by atoms with Crippen molar-refractivity contribution < 1.29 is 8.42 Å². The fraction of sp³-hybridized carbons (Fsp3) is 0.643. The van der Waals surface area contributed by atoms with Gasteiger partial charge in [0.05, 0.1) is 5.75 Å². The third-order valence-electron chi connectivity index (χ3n) is 4.42. The molecule has 0 radical (unpaired) electrons. The highest BCUT2D eigenvalue weighted by atomic mass is 32.2. The van der Waals surface area contributed by atoms with Gasteiger partial charge in [0, 0.05) is 36.4 Å². The lowest BCUT2D eigenvalue weighted by molar-refractivity contribution is 0.201. The van der Waals surface area contributed by atoms with Gasteiger partial charge in [-0.3, -0.25) is 4.98 Å². The second-order valence-electron chi connectivity index (χ2n) is 5.46. The molecule has 112 valence electrons. The summed E-state index contributed by atoms with van der Waals surface area (Å²) in [5.74, 6) is 0.155. The van der Waals surface area contributed by atoms with Crippen LogP contribution in [-0.2, 0) is 15.4 Å². The molecule has 0 aliphatic carbocycles. The van der Waals surface area contributed by atoms with Crippen molar-refractivity contribution in [1.82, 2.24) is 9.29 Å². The summed E-state index contributed by atoms with van der Waals surface area (Å²) in [5, 5.41) is 0. The zero-order valence-electron chi connectivity index (χ0n) is 12.1. The maximum Gasteiger partial charge on any atom is 0.213 e. The maximum atomic E-state index is 12.0. The Morgan fingerprint density at radius 1 is 1.40 bits per heavy atom. The molecule has 0 aromatic carbocycles. The lowest BCUT2D eigenvalue weighted by atomic mass is 9.71. The van der Waals surface area contributed by atoms with Gasteiger partial charge in [-0.25, -0.2) is 12.7 Å². The van der Waals surface area contributed by atoms with E-state index in [0.29, 0.717) is 13.1 Å². The Morgan fingerprint density at radius 2 is 2.05 bits per heavy atom. The third kappa shape index (κ3) is 2.73. The van der Waals surface area contributed by atoms with E-state index >= 15 is 0 Å². The van der Waals surface area contributed by atoms with E-state index < -0.39 is 10.0 Å². The van der Waals surface area contributed by atoms with E-state index in [9.17, 15) is 8.42 Å². The molecule has 2 N–H and O–H groups in total. The molecule has 1 atom stereocenters. The molecule has 1 aromatic rings. The fourth-order valence-corrected chi connectivity index (χ4v) is 4.05. The van der Waals surface area contributed by atoms with Crippen molar-refractivity contribution >= 4 is 10.0 Å². The monoisotopic (exact) mass is 297 g/mol. The quantitative estimate of drug-likeness (QED) is 0.903. The lowest BCUT2D eigenvalue weighted by Gasteiger charge is -2.43. The van der Waals surface area contributed by atoms with Crippen molar-refractivity contribution in [3.8, 4) is 0 Å². The van der Waals surface area contributed by atoms with Gasteiger partial charge < -0.3 is 5.73 Å². The first-order valence-corrected chi connectivity index (χ1v) is 8.68. The molecule has 20 heavy (non-hydrogen) atoms. The summed E-state index contributed by atoms with van der Waals surface area (Å²) in [6.45, 7) is 4.71. The largest absolute Gasteiger partial charge is 0.327 e. The smallest absolute Gasteiger partial charge is 0.213 e. The van der Waals surface area contributed by atoms with Crippen molar-refractivity contribution in [2.75, 3.05) is 18.8 Å². The first-order chi connectivity index (χ1) is 9.42. The van der Waals surface area contributed by atoms with Gasteiger partial charge >= 0.3 is 0 Å². The zero-order chi connectivity index (χ0) is 14.8. The van der Waals surface area contributed by atoms with Crippen molar-refractivity contribution in [2.45, 2.75) is 38.1 Å². The summed E-state index contributed by atoms with van der Waals surface area (Å²) in [6, 6.07) is 5.79. The number of rotatable bonds is 4. The van der Waals surface area contributed by atoms with Crippen LogP contribution in [0.5, 0.6) is 0 Å². The molecule has 0 saturated carbocycles. The average molecular weight is 297 g/mol. The van der Waals surface area contributed by atoms with Gasteiger partial charge in [-0.2, -0.15) is 0 Å². The molecule has 1 fully saturated rings. The van der Waals surface area contributed by atoms with Crippen molar-refractivity contribution in [1.29, 1.82) is 0 Å². The predicted octanol–water partition coefficient (Wildman–Crippen LogP) is 1.11. The molecule has 2 heterocycles. The van der Waals surface area contributed by atoms with Crippen LogP contribution in [0.2, 0.25) is 0 Å². The summed E-state index contributed by atoms with van der Waals surface area (Å²) in [6.07, 6.45) is 3.22. The Bertz CT molecular complexity index is 535. The van der Waals surface area contributed by atoms with Crippen LogP contribution in [0.4, 0.5) is 0 Å². The van der Waals surface area contributed by atoms with E-state index in [1.165, 1.54) is 0 Å². The highest BCUT2D eigenvalue weighted by Gasteiger charge is 2.42. The first kappa shape index (κ1) is 15.4. The van der Waals surface area contributed by atoms with Crippen LogP contribution >= 0.6 is 0 Å². The Labute approximate surface area is 121 Å². The van der Waals surface area contributed by atoms with Gasteiger partial charge in [0.1, 0.15) is 0 Å². The zero-order valence-corrected chi connectivity index (χ0v) is 12.9. The number of aromatic nitrogens is 1. The molecule has 1 aromatic heterocycles. The van der Waals surface area contributed by atoms with Gasteiger partial charge in [0.15, 0.2) is 0 Å². The van der Waals surface area contributed by atoms with Crippen molar-refractivity contribution in [3.63, 3.8) is 0 Å². The summed E-state index contributed by atoms with van der Waals surface area (Å²) in [5.41, 5.74) is 6.97. The minimum absolute atomic E-state index is 0.0520. The second-order valence-corrected chi connectivity index (χ2v) is 7.72. The summed E-state index contributed by atoms with van der Waals surface area (Å²) in [4.78, 5) is 4.46. The predicted molar refractivity (Wildman–Crippen MR) is 79.8 cm³/mol. The van der Waals surface area contributed by atoms with Gasteiger partial charge in [-0.1, -0.05) is 6.07 Å². The van der Waals surface area contributed by atoms with E-state index in [2.05, 4.69) is 4.98 Å². The van der Waals surface area contributed by atoms with E-state index in [-0.39, 0.29) is 17.2 Å². The van der Waals surface area contributed by atoms with Crippen LogP contribution in [0, 0.1) is 0 Å². The van der Waals surface area contributed by atoms with E-state index in [0.717, 1.165) is 18.5 Å². The van der Waals surface area contributed by atoms with Crippen LogP contribution < -0.4 is 5.73 Å². The molecule has 0 amide bonds. The van der Waals surface area contributed by atoms with Gasteiger partial charge in [-0.05, 0) is 38.8 Å². The molecule has 6 heteroatoms. The van der Waals surface area contributed by atoms with Crippen molar-refractivity contribution in [2.24, 2.45) is 5.73 Å². The molecule has 0 spiro atoms. The fourth-order valence-electron chi connectivity index (χ4n) is 2.95. The summed E-state index contributed by atoms with van der Waals surface area (Å²) >= 11 is 0. The van der Waals surface area contributed by atoms with E-state index in [1.807, 2.05) is 25.1 Å². The molecule has 0 bridgehead atoms.